The largest absolute Gasteiger partial charge is 0.399 e. The minimum Gasteiger partial charge on any atom is -0.399 e. The van der Waals surface area contributed by atoms with Crippen LogP contribution in [0.3, 0.4) is 0 Å². The molecule has 1 aliphatic rings. The van der Waals surface area contributed by atoms with Gasteiger partial charge in [-0.15, -0.1) is 0 Å². The van der Waals surface area contributed by atoms with Gasteiger partial charge < -0.3 is 16.8 Å². The van der Waals surface area contributed by atoms with Crippen molar-refractivity contribution in [3.63, 3.8) is 0 Å². The Balaban J connectivity index is 1.69. The maximum atomic E-state index is 12.3. The van der Waals surface area contributed by atoms with Crippen molar-refractivity contribution in [3.05, 3.63) is 59.7 Å². The van der Waals surface area contributed by atoms with Gasteiger partial charge in [-0.1, -0.05) is 18.2 Å². The Morgan fingerprint density at radius 2 is 1.96 bits per heavy atom. The Morgan fingerprint density at radius 1 is 1.16 bits per heavy atom. The van der Waals surface area contributed by atoms with Crippen LogP contribution >= 0.6 is 0 Å². The van der Waals surface area contributed by atoms with E-state index in [1.807, 2.05) is 24.3 Å². The molecule has 0 saturated carbocycles. The minimum atomic E-state index is -0.274. The fraction of sp³-hybridized carbons (Fsp3) is 0.263. The average Bonchev–Trinajstić information content (AvgIpc) is 3.03. The molecule has 1 unspecified atom stereocenters. The summed E-state index contributed by atoms with van der Waals surface area (Å²) in [5, 5.41) is 2.88. The molecule has 0 radical (unpaired) electrons. The third-order valence-electron chi connectivity index (χ3n) is 4.41. The Labute approximate surface area is 146 Å². The molecular weight excluding hydrogens is 316 g/mol. The van der Waals surface area contributed by atoms with Gasteiger partial charge >= 0.3 is 0 Å². The number of hydrogen-bond acceptors (Lipinski definition) is 4. The zero-order valence-electron chi connectivity index (χ0n) is 13.9. The van der Waals surface area contributed by atoms with Gasteiger partial charge in [0.1, 0.15) is 0 Å². The summed E-state index contributed by atoms with van der Waals surface area (Å²) in [5.74, 6) is -0.482. The van der Waals surface area contributed by atoms with Crippen LogP contribution in [0, 0.1) is 0 Å². The molecule has 6 nitrogen and oxygen atoms in total. The fourth-order valence-electron chi connectivity index (χ4n) is 3.20. The summed E-state index contributed by atoms with van der Waals surface area (Å²) in [7, 11) is 0. The number of nitrogen functional groups attached to an aromatic ring is 1. The summed E-state index contributed by atoms with van der Waals surface area (Å²) >= 11 is 0. The molecule has 6 heteroatoms. The van der Waals surface area contributed by atoms with Gasteiger partial charge in [0.2, 0.25) is 5.91 Å². The van der Waals surface area contributed by atoms with Gasteiger partial charge in [-0.3, -0.25) is 14.5 Å². The van der Waals surface area contributed by atoms with Crippen molar-refractivity contribution >= 4 is 23.2 Å². The smallest absolute Gasteiger partial charge is 0.255 e. The highest BCUT2D eigenvalue weighted by atomic mass is 16.2. The Bertz CT molecular complexity index is 790. The SMILES string of the molecule is NC(=O)C1CCCN1Cc1cccc(NC(=O)c2cccc(N)c2)c1. The second-order valence-corrected chi connectivity index (χ2v) is 6.31. The molecule has 1 fully saturated rings. The van der Waals surface area contributed by atoms with Crippen molar-refractivity contribution < 1.29 is 9.59 Å². The third-order valence-corrected chi connectivity index (χ3v) is 4.41. The highest BCUT2D eigenvalue weighted by Gasteiger charge is 2.28. The van der Waals surface area contributed by atoms with E-state index in [0.717, 1.165) is 24.9 Å². The maximum absolute atomic E-state index is 12.3. The van der Waals surface area contributed by atoms with Crippen molar-refractivity contribution in [3.8, 4) is 0 Å². The number of nitrogens with zero attached hydrogens (tertiary/aromatic N) is 1. The lowest BCUT2D eigenvalue weighted by atomic mass is 10.1. The van der Waals surface area contributed by atoms with E-state index in [4.69, 9.17) is 11.5 Å². The first-order valence-electron chi connectivity index (χ1n) is 8.32. The number of rotatable bonds is 5. The number of primary amides is 1. The van der Waals surface area contributed by atoms with Crippen molar-refractivity contribution in [2.75, 3.05) is 17.6 Å². The molecular formula is C19H22N4O2. The lowest BCUT2D eigenvalue weighted by molar-refractivity contribution is -0.122. The normalized spacial score (nSPS) is 17.4. The lowest BCUT2D eigenvalue weighted by Gasteiger charge is -2.22. The van der Waals surface area contributed by atoms with Crippen LogP contribution < -0.4 is 16.8 Å². The Kier molecular flexibility index (Phi) is 5.00. The molecule has 1 atom stereocenters. The highest BCUT2D eigenvalue weighted by Crippen LogP contribution is 2.21. The summed E-state index contributed by atoms with van der Waals surface area (Å²) in [5.41, 5.74) is 14.0. The van der Waals surface area contributed by atoms with Gasteiger partial charge in [0.15, 0.2) is 0 Å². The van der Waals surface area contributed by atoms with Crippen LogP contribution in [-0.4, -0.2) is 29.3 Å². The number of nitrogens with two attached hydrogens (primary N) is 2. The van der Waals surface area contributed by atoms with E-state index >= 15 is 0 Å². The summed E-state index contributed by atoms with van der Waals surface area (Å²) in [6.07, 6.45) is 1.78. The molecule has 130 valence electrons. The van der Waals surface area contributed by atoms with Crippen molar-refractivity contribution in [1.29, 1.82) is 0 Å². The van der Waals surface area contributed by atoms with Gasteiger partial charge in [0, 0.05) is 23.5 Å². The number of benzene rings is 2. The van der Waals surface area contributed by atoms with E-state index in [-0.39, 0.29) is 17.9 Å². The fourth-order valence-corrected chi connectivity index (χ4v) is 3.20. The topological polar surface area (TPSA) is 101 Å². The molecule has 0 aliphatic carbocycles. The van der Waals surface area contributed by atoms with Crippen LogP contribution in [0.25, 0.3) is 0 Å². The molecule has 0 spiro atoms. The lowest BCUT2D eigenvalue weighted by Crippen LogP contribution is -2.39. The molecule has 2 aromatic carbocycles. The number of nitrogens with one attached hydrogen (secondary N) is 1. The summed E-state index contributed by atoms with van der Waals surface area (Å²) in [6, 6.07) is 14.3. The second kappa shape index (κ2) is 7.36. The predicted octanol–water partition coefficient (Wildman–Crippen LogP) is 1.97. The van der Waals surface area contributed by atoms with Crippen LogP contribution in [0.4, 0.5) is 11.4 Å². The minimum absolute atomic E-state index is 0.203. The molecule has 0 bridgehead atoms. The van der Waals surface area contributed by atoms with E-state index < -0.39 is 0 Å². The van der Waals surface area contributed by atoms with Crippen molar-refractivity contribution in [2.24, 2.45) is 5.73 Å². The Hall–Kier alpha value is -2.86. The van der Waals surface area contributed by atoms with Gasteiger partial charge in [-0.05, 0) is 55.3 Å². The zero-order chi connectivity index (χ0) is 17.8. The Morgan fingerprint density at radius 3 is 2.72 bits per heavy atom. The van der Waals surface area contributed by atoms with E-state index in [1.165, 1.54) is 0 Å². The number of hydrogen-bond donors (Lipinski definition) is 3. The van der Waals surface area contributed by atoms with Crippen LogP contribution in [0.15, 0.2) is 48.5 Å². The maximum Gasteiger partial charge on any atom is 0.255 e. The van der Waals surface area contributed by atoms with Gasteiger partial charge in [-0.2, -0.15) is 0 Å². The molecule has 5 N–H and O–H groups in total. The van der Waals surface area contributed by atoms with Gasteiger partial charge in [0.05, 0.1) is 6.04 Å². The van der Waals surface area contributed by atoms with Crippen molar-refractivity contribution in [2.45, 2.75) is 25.4 Å². The zero-order valence-corrected chi connectivity index (χ0v) is 13.9. The highest BCUT2D eigenvalue weighted by molar-refractivity contribution is 6.04. The predicted molar refractivity (Wildman–Crippen MR) is 97.9 cm³/mol. The number of carbonyl (C=O) groups is 2. The first-order chi connectivity index (χ1) is 12.0. The first kappa shape index (κ1) is 17.0. The number of anilines is 2. The summed E-state index contributed by atoms with van der Waals surface area (Å²) < 4.78 is 0. The summed E-state index contributed by atoms with van der Waals surface area (Å²) in [4.78, 5) is 25.9. The second-order valence-electron chi connectivity index (χ2n) is 6.31. The van der Waals surface area contributed by atoms with Crippen LogP contribution in [0.1, 0.15) is 28.8 Å². The first-order valence-corrected chi connectivity index (χ1v) is 8.32. The molecule has 3 rings (SSSR count). The quantitative estimate of drug-likeness (QED) is 0.725. The van der Waals surface area contributed by atoms with Gasteiger partial charge in [0.25, 0.3) is 5.91 Å². The monoisotopic (exact) mass is 338 g/mol. The van der Waals surface area contributed by atoms with E-state index in [9.17, 15) is 9.59 Å². The molecule has 1 saturated heterocycles. The molecule has 2 aromatic rings. The van der Waals surface area contributed by atoms with Crippen LogP contribution in [-0.2, 0) is 11.3 Å². The number of carbonyl (C=O) groups excluding carboxylic acids is 2. The van der Waals surface area contributed by atoms with E-state index in [0.29, 0.717) is 23.5 Å². The summed E-state index contributed by atoms with van der Waals surface area (Å²) in [6.45, 7) is 1.49. The van der Waals surface area contributed by atoms with Gasteiger partial charge in [-0.25, -0.2) is 0 Å². The average molecular weight is 338 g/mol. The molecule has 2 amide bonds. The molecule has 1 heterocycles. The molecule has 25 heavy (non-hydrogen) atoms. The molecule has 0 aromatic heterocycles. The number of likely N-dealkylation sites (tertiary alicyclic amines) is 1. The standard InChI is InChI=1S/C19H22N4O2/c20-15-6-2-5-14(11-15)19(25)22-16-7-1-4-13(10-16)12-23-9-3-8-17(23)18(21)24/h1-2,4-7,10-11,17H,3,8-9,12,20H2,(H2,21,24)(H,22,25). The number of amides is 2. The van der Waals surface area contributed by atoms with Crippen molar-refractivity contribution in [1.82, 2.24) is 4.90 Å². The van der Waals surface area contributed by atoms with Crippen LogP contribution in [0.5, 0.6) is 0 Å². The van der Waals surface area contributed by atoms with E-state index in [1.54, 1.807) is 24.3 Å². The van der Waals surface area contributed by atoms with E-state index in [2.05, 4.69) is 10.2 Å². The third kappa shape index (κ3) is 4.16. The van der Waals surface area contributed by atoms with Crippen LogP contribution in [0.2, 0.25) is 0 Å². The molecule has 1 aliphatic heterocycles.